The third-order valence-corrected chi connectivity index (χ3v) is 4.93. The van der Waals surface area contributed by atoms with Gasteiger partial charge in [-0.25, -0.2) is 0 Å². The summed E-state index contributed by atoms with van der Waals surface area (Å²) in [5.41, 5.74) is 7.37. The summed E-state index contributed by atoms with van der Waals surface area (Å²) >= 11 is 0. The molecule has 0 fully saturated rings. The van der Waals surface area contributed by atoms with Crippen LogP contribution < -0.4 is 20.8 Å². The van der Waals surface area contributed by atoms with E-state index in [9.17, 15) is 4.79 Å². The Morgan fingerprint density at radius 2 is 1.54 bits per heavy atom. The molecule has 5 nitrogen and oxygen atoms in total. The minimum atomic E-state index is -0.117. The molecule has 0 aliphatic heterocycles. The first-order valence-corrected chi connectivity index (χ1v) is 10.9. The summed E-state index contributed by atoms with van der Waals surface area (Å²) in [6.45, 7) is 8.18. The number of rotatable bonds is 13. The molecule has 0 aliphatic rings. The fourth-order valence-electron chi connectivity index (χ4n) is 3.25. The van der Waals surface area contributed by atoms with Crippen LogP contribution in [0.4, 0.5) is 5.69 Å². The van der Waals surface area contributed by atoms with Crippen LogP contribution in [-0.2, 0) is 6.54 Å². The molecule has 28 heavy (non-hydrogen) atoms. The summed E-state index contributed by atoms with van der Waals surface area (Å²) in [6.07, 6.45) is 8.31. The first-order chi connectivity index (χ1) is 13.6. The first kappa shape index (κ1) is 22.1. The Balaban J connectivity index is 2.48. The Labute approximate surface area is 168 Å². The van der Waals surface area contributed by atoms with Crippen LogP contribution in [0.15, 0.2) is 23.0 Å². The van der Waals surface area contributed by atoms with Crippen molar-refractivity contribution in [1.82, 2.24) is 4.57 Å². The quantitative estimate of drug-likeness (QED) is 0.362. The van der Waals surface area contributed by atoms with Crippen molar-refractivity contribution in [2.75, 3.05) is 18.9 Å². The Morgan fingerprint density at radius 1 is 0.857 bits per heavy atom. The van der Waals surface area contributed by atoms with Gasteiger partial charge in [-0.15, -0.1) is 0 Å². The van der Waals surface area contributed by atoms with Crippen molar-refractivity contribution in [3.05, 3.63) is 28.6 Å². The van der Waals surface area contributed by atoms with Crippen LogP contribution in [0, 0.1) is 0 Å². The topological polar surface area (TPSA) is 66.5 Å². The van der Waals surface area contributed by atoms with E-state index in [1.165, 1.54) is 12.8 Å². The predicted octanol–water partition coefficient (Wildman–Crippen LogP) is 5.52. The third-order valence-electron chi connectivity index (χ3n) is 4.93. The number of ether oxygens (including phenoxy) is 2. The molecule has 0 radical (unpaired) electrons. The molecule has 0 atom stereocenters. The number of benzene rings is 1. The largest absolute Gasteiger partial charge is 0.489 e. The molecule has 0 amide bonds. The third kappa shape index (κ3) is 5.66. The number of pyridine rings is 1. The van der Waals surface area contributed by atoms with E-state index in [0.29, 0.717) is 36.9 Å². The number of unbranched alkanes of at least 4 members (excludes halogenated alkanes) is 5. The van der Waals surface area contributed by atoms with Crippen molar-refractivity contribution in [1.29, 1.82) is 0 Å². The Bertz CT molecular complexity index is 799. The van der Waals surface area contributed by atoms with Crippen LogP contribution in [0.3, 0.4) is 0 Å². The Morgan fingerprint density at radius 3 is 2.25 bits per heavy atom. The highest BCUT2D eigenvalue weighted by atomic mass is 16.5. The van der Waals surface area contributed by atoms with Gasteiger partial charge in [0.25, 0.3) is 5.56 Å². The van der Waals surface area contributed by atoms with Gasteiger partial charge in [0.2, 0.25) is 5.75 Å². The smallest absolute Gasteiger partial charge is 0.297 e. The average molecular weight is 389 g/mol. The van der Waals surface area contributed by atoms with Gasteiger partial charge in [0.15, 0.2) is 5.75 Å². The normalized spacial score (nSPS) is 11.1. The second-order valence-corrected chi connectivity index (χ2v) is 7.36. The monoisotopic (exact) mass is 388 g/mol. The molecule has 1 aromatic heterocycles. The van der Waals surface area contributed by atoms with Gasteiger partial charge < -0.3 is 19.8 Å². The van der Waals surface area contributed by atoms with Crippen LogP contribution in [-0.4, -0.2) is 17.8 Å². The Kier molecular flexibility index (Phi) is 9.18. The molecule has 2 N–H and O–H groups in total. The summed E-state index contributed by atoms with van der Waals surface area (Å²) in [5.74, 6) is 0.915. The van der Waals surface area contributed by atoms with E-state index in [0.717, 1.165) is 49.4 Å². The van der Waals surface area contributed by atoms with E-state index < -0.39 is 0 Å². The van der Waals surface area contributed by atoms with Crippen molar-refractivity contribution >= 4 is 16.6 Å². The van der Waals surface area contributed by atoms with Gasteiger partial charge >= 0.3 is 0 Å². The number of nitrogens with zero attached hydrogens (tertiary/aromatic N) is 1. The molecule has 1 heterocycles. The second-order valence-electron chi connectivity index (χ2n) is 7.36. The minimum absolute atomic E-state index is 0.117. The van der Waals surface area contributed by atoms with Crippen LogP contribution in [0.1, 0.15) is 72.1 Å². The van der Waals surface area contributed by atoms with E-state index in [4.69, 9.17) is 15.2 Å². The van der Waals surface area contributed by atoms with Gasteiger partial charge in [0.05, 0.1) is 18.7 Å². The highest BCUT2D eigenvalue weighted by molar-refractivity contribution is 5.90. The zero-order valence-electron chi connectivity index (χ0n) is 17.8. The van der Waals surface area contributed by atoms with Gasteiger partial charge in [0.1, 0.15) is 0 Å². The number of hydrogen-bond acceptors (Lipinski definition) is 4. The van der Waals surface area contributed by atoms with E-state index >= 15 is 0 Å². The van der Waals surface area contributed by atoms with Gasteiger partial charge in [0, 0.05) is 17.6 Å². The van der Waals surface area contributed by atoms with E-state index in [1.807, 2.05) is 18.2 Å². The lowest BCUT2D eigenvalue weighted by Gasteiger charge is -2.19. The molecule has 5 heteroatoms. The molecule has 1 aromatic carbocycles. The maximum Gasteiger partial charge on any atom is 0.297 e. The van der Waals surface area contributed by atoms with E-state index in [2.05, 4.69) is 20.8 Å². The number of hydrogen-bond donors (Lipinski definition) is 1. The predicted molar refractivity (Wildman–Crippen MR) is 118 cm³/mol. The van der Waals surface area contributed by atoms with Crippen molar-refractivity contribution in [3.63, 3.8) is 0 Å². The van der Waals surface area contributed by atoms with Crippen molar-refractivity contribution in [3.8, 4) is 11.5 Å². The molecule has 0 spiro atoms. The molecule has 0 saturated heterocycles. The lowest BCUT2D eigenvalue weighted by Crippen LogP contribution is -2.24. The summed E-state index contributed by atoms with van der Waals surface area (Å²) in [5, 5.41) is 0.893. The Hall–Kier alpha value is -2.17. The fourth-order valence-corrected chi connectivity index (χ4v) is 3.25. The highest BCUT2D eigenvalue weighted by Gasteiger charge is 2.20. The maximum absolute atomic E-state index is 13.3. The number of fused-ring (bicyclic) bond motifs is 1. The van der Waals surface area contributed by atoms with Gasteiger partial charge in [-0.2, -0.15) is 0 Å². The lowest BCUT2D eigenvalue weighted by atomic mass is 10.1. The molecular formula is C23H36N2O3. The van der Waals surface area contributed by atoms with E-state index in [1.54, 1.807) is 4.57 Å². The van der Waals surface area contributed by atoms with Crippen LogP contribution >= 0.6 is 0 Å². The van der Waals surface area contributed by atoms with Crippen LogP contribution in [0.25, 0.3) is 10.9 Å². The van der Waals surface area contributed by atoms with Gasteiger partial charge in [-0.05, 0) is 37.5 Å². The number of anilines is 1. The van der Waals surface area contributed by atoms with Crippen LogP contribution in [0.2, 0.25) is 0 Å². The summed E-state index contributed by atoms with van der Waals surface area (Å²) in [4.78, 5) is 13.3. The highest BCUT2D eigenvalue weighted by Crippen LogP contribution is 2.34. The standard InChI is InChI=1S/C23H36N2O3/c1-4-7-10-11-16-28-22-21(27-15-9-6-3)19-13-12-18(24)17-20(19)25(23(22)26)14-8-5-2/h12-13,17H,4-11,14-16,24H2,1-3H3. The molecule has 0 unspecified atom stereocenters. The first-order valence-electron chi connectivity index (χ1n) is 10.9. The maximum atomic E-state index is 13.3. The van der Waals surface area contributed by atoms with Crippen molar-refractivity contribution in [2.45, 2.75) is 78.7 Å². The SMILES string of the molecule is CCCCCCOc1c(OCCCC)c2ccc(N)cc2n(CCCC)c1=O. The van der Waals surface area contributed by atoms with Gasteiger partial charge in [-0.3, -0.25) is 4.79 Å². The second kappa shape index (κ2) is 11.6. The zero-order chi connectivity index (χ0) is 20.4. The lowest BCUT2D eigenvalue weighted by molar-refractivity contribution is 0.258. The molecule has 0 saturated carbocycles. The molecule has 2 aromatic rings. The molecule has 0 bridgehead atoms. The summed E-state index contributed by atoms with van der Waals surface area (Å²) in [6, 6.07) is 5.66. The molecule has 0 aliphatic carbocycles. The fraction of sp³-hybridized carbons (Fsp3) is 0.609. The number of aryl methyl sites for hydroxylation is 1. The van der Waals surface area contributed by atoms with Crippen molar-refractivity contribution in [2.24, 2.45) is 0 Å². The summed E-state index contributed by atoms with van der Waals surface area (Å²) in [7, 11) is 0. The van der Waals surface area contributed by atoms with Crippen LogP contribution in [0.5, 0.6) is 11.5 Å². The number of nitrogen functional groups attached to an aromatic ring is 1. The minimum Gasteiger partial charge on any atom is -0.489 e. The van der Waals surface area contributed by atoms with Gasteiger partial charge in [-0.1, -0.05) is 52.9 Å². The van der Waals surface area contributed by atoms with Crippen molar-refractivity contribution < 1.29 is 9.47 Å². The summed E-state index contributed by atoms with van der Waals surface area (Å²) < 4.78 is 13.9. The molecule has 2 rings (SSSR count). The van der Waals surface area contributed by atoms with E-state index in [-0.39, 0.29) is 5.56 Å². The number of aromatic nitrogens is 1. The average Bonchev–Trinajstić information content (AvgIpc) is 2.69. The molecule has 156 valence electrons. The zero-order valence-corrected chi connectivity index (χ0v) is 17.8. The number of nitrogens with two attached hydrogens (primary N) is 1. The molecular weight excluding hydrogens is 352 g/mol.